The van der Waals surface area contributed by atoms with Crippen molar-refractivity contribution >= 4 is 38.5 Å². The van der Waals surface area contributed by atoms with E-state index in [1.807, 2.05) is 0 Å². The summed E-state index contributed by atoms with van der Waals surface area (Å²) in [5.41, 5.74) is 2.26. The Morgan fingerprint density at radius 2 is 2.03 bits per heavy atom. The summed E-state index contributed by atoms with van der Waals surface area (Å²) in [6.45, 7) is 1.24. The number of Topliss-reactive ketones (excluding diaryl/α,β-unsaturated/α-hetero) is 1. The molecule has 3 aromatic rings. The number of pyridine rings is 2. The lowest BCUT2D eigenvalue weighted by Crippen LogP contribution is -2.43. The molecule has 0 saturated carbocycles. The number of fused-ring (bicyclic) bond motifs is 5. The van der Waals surface area contributed by atoms with Crippen LogP contribution in [0.15, 0.2) is 21.4 Å². The molecule has 2 aliphatic carbocycles. The molecule has 1 aliphatic heterocycles. The number of aryl methyl sites for hydroxylation is 1. The highest BCUT2D eigenvalue weighted by Crippen LogP contribution is 2.46. The summed E-state index contributed by atoms with van der Waals surface area (Å²) < 4.78 is 16.8. The first kappa shape index (κ1) is 23.4. The van der Waals surface area contributed by atoms with E-state index in [4.69, 9.17) is 4.98 Å². The van der Waals surface area contributed by atoms with Gasteiger partial charge < -0.3 is 20.1 Å². The van der Waals surface area contributed by atoms with Gasteiger partial charge in [-0.25, -0.2) is 9.37 Å². The van der Waals surface area contributed by atoms with Crippen LogP contribution in [0.4, 0.5) is 4.39 Å². The van der Waals surface area contributed by atoms with Gasteiger partial charge in [-0.3, -0.25) is 14.4 Å². The number of aromatic nitrogens is 2. The molecule has 0 radical (unpaired) electrons. The van der Waals surface area contributed by atoms with Crippen LogP contribution in [0.1, 0.15) is 60.0 Å². The van der Waals surface area contributed by atoms with Gasteiger partial charge in [0, 0.05) is 34.6 Å². The molecular formula is C26H23BrFN3O5. The van der Waals surface area contributed by atoms with Crippen molar-refractivity contribution in [1.29, 1.82) is 0 Å². The second-order valence-electron chi connectivity index (χ2n) is 9.66. The van der Waals surface area contributed by atoms with Gasteiger partial charge in [0.25, 0.3) is 5.56 Å². The van der Waals surface area contributed by atoms with E-state index in [9.17, 15) is 29.0 Å². The minimum absolute atomic E-state index is 0.0954. The van der Waals surface area contributed by atoms with E-state index in [2.05, 4.69) is 21.2 Å². The Bertz CT molecular complexity index is 1580. The first-order valence-electron chi connectivity index (χ1n) is 12.0. The smallest absolute Gasteiger partial charge is 0.254 e. The molecule has 1 amide bonds. The van der Waals surface area contributed by atoms with Gasteiger partial charge in [0.15, 0.2) is 5.78 Å². The van der Waals surface area contributed by atoms with Crippen molar-refractivity contribution in [3.63, 3.8) is 0 Å². The van der Waals surface area contributed by atoms with Crippen molar-refractivity contribution in [2.75, 3.05) is 6.61 Å². The van der Waals surface area contributed by atoms with Crippen molar-refractivity contribution in [3.05, 3.63) is 60.6 Å². The summed E-state index contributed by atoms with van der Waals surface area (Å²) in [5.74, 6) is -1.30. The molecule has 10 heteroatoms. The lowest BCUT2D eigenvalue weighted by Gasteiger charge is -2.32. The van der Waals surface area contributed by atoms with Gasteiger partial charge in [-0.15, -0.1) is 0 Å². The number of amides is 1. The Morgan fingerprint density at radius 3 is 2.75 bits per heavy atom. The first-order chi connectivity index (χ1) is 17.2. The average Bonchev–Trinajstić information content (AvgIpc) is 3.24. The zero-order valence-electron chi connectivity index (χ0n) is 19.5. The number of aliphatic hydroxyl groups excluding tert-OH is 1. The lowest BCUT2D eigenvalue weighted by atomic mass is 9.77. The molecule has 2 aromatic heterocycles. The normalized spacial score (nSPS) is 21.8. The van der Waals surface area contributed by atoms with E-state index in [0.717, 1.165) is 22.1 Å². The fourth-order valence-electron chi connectivity index (χ4n) is 6.12. The number of nitrogens with one attached hydrogen (secondary N) is 1. The van der Waals surface area contributed by atoms with Crippen LogP contribution in [0.2, 0.25) is 0 Å². The maximum absolute atomic E-state index is 14.8. The molecule has 36 heavy (non-hydrogen) atoms. The lowest BCUT2D eigenvalue weighted by molar-refractivity contribution is -0.140. The molecule has 0 saturated heterocycles. The second-order valence-corrected chi connectivity index (χ2v) is 10.5. The first-order valence-corrected chi connectivity index (χ1v) is 12.8. The van der Waals surface area contributed by atoms with Gasteiger partial charge in [-0.05, 0) is 58.8 Å². The van der Waals surface area contributed by atoms with E-state index >= 15 is 0 Å². The summed E-state index contributed by atoms with van der Waals surface area (Å²) in [6, 6.07) is 2.55. The Kier molecular flexibility index (Phi) is 5.23. The number of ketones is 1. The Balaban J connectivity index is 1.66. The Morgan fingerprint density at radius 1 is 1.25 bits per heavy atom. The van der Waals surface area contributed by atoms with Crippen molar-refractivity contribution in [2.45, 2.75) is 57.2 Å². The van der Waals surface area contributed by atoms with Gasteiger partial charge >= 0.3 is 0 Å². The number of carbonyl (C=O) groups is 2. The van der Waals surface area contributed by atoms with Crippen LogP contribution < -0.4 is 10.9 Å². The quantitative estimate of drug-likeness (QED) is 0.357. The van der Waals surface area contributed by atoms with E-state index in [1.165, 1.54) is 6.07 Å². The van der Waals surface area contributed by atoms with E-state index in [-0.39, 0.29) is 37.1 Å². The monoisotopic (exact) mass is 555 g/mol. The van der Waals surface area contributed by atoms with Crippen LogP contribution in [-0.2, 0) is 34.6 Å². The molecular weight excluding hydrogens is 533 g/mol. The van der Waals surface area contributed by atoms with Crippen LogP contribution in [0.3, 0.4) is 0 Å². The Labute approximate surface area is 213 Å². The van der Waals surface area contributed by atoms with E-state index < -0.39 is 30.0 Å². The van der Waals surface area contributed by atoms with Gasteiger partial charge in [0.1, 0.15) is 18.0 Å². The number of halogens is 2. The molecule has 0 spiro atoms. The predicted octanol–water partition coefficient (Wildman–Crippen LogP) is 2.54. The van der Waals surface area contributed by atoms with Crippen LogP contribution in [0, 0.1) is 5.82 Å². The van der Waals surface area contributed by atoms with Gasteiger partial charge in [-0.2, -0.15) is 0 Å². The molecule has 0 unspecified atom stereocenters. The minimum Gasteiger partial charge on any atom is -0.387 e. The minimum atomic E-state index is -1.74. The van der Waals surface area contributed by atoms with Crippen molar-refractivity contribution in [3.8, 4) is 11.4 Å². The van der Waals surface area contributed by atoms with Crippen LogP contribution >= 0.6 is 15.9 Å². The molecule has 3 heterocycles. The standard InChI is InChI=1S/C26H23BrFN3O5/c1-2-26(36)14-7-18-24-13(9-31(18)25(35)11(14)4-6-19(26)33)22-16(29-20(34)10-32)5-3-12-21(22)17(30-24)8-15(28)23(12)27/h7-8,16,32,36H,2-6,9-10H2,1H3,(H,29,34)/t16-,26+/m1/s1. The fraction of sp³-hybridized carbons (Fsp3) is 0.385. The van der Waals surface area contributed by atoms with Crippen molar-refractivity contribution in [1.82, 2.24) is 14.9 Å². The molecule has 3 aliphatic rings. The van der Waals surface area contributed by atoms with Gasteiger partial charge in [0.2, 0.25) is 5.91 Å². The summed E-state index contributed by atoms with van der Waals surface area (Å²) in [4.78, 5) is 43.2. The maximum atomic E-state index is 14.8. The average molecular weight is 556 g/mol. The molecule has 186 valence electrons. The fourth-order valence-corrected chi connectivity index (χ4v) is 6.63. The van der Waals surface area contributed by atoms with E-state index in [1.54, 1.807) is 17.6 Å². The zero-order valence-corrected chi connectivity index (χ0v) is 21.0. The van der Waals surface area contributed by atoms with Crippen molar-refractivity contribution in [2.24, 2.45) is 0 Å². The molecule has 6 rings (SSSR count). The highest BCUT2D eigenvalue weighted by Gasteiger charge is 2.43. The summed E-state index contributed by atoms with van der Waals surface area (Å²) in [7, 11) is 0. The predicted molar refractivity (Wildman–Crippen MR) is 132 cm³/mol. The zero-order chi connectivity index (χ0) is 25.5. The highest BCUT2D eigenvalue weighted by molar-refractivity contribution is 9.10. The topological polar surface area (TPSA) is 122 Å². The Hall–Kier alpha value is -2.95. The van der Waals surface area contributed by atoms with Gasteiger partial charge in [0.05, 0.1) is 34.0 Å². The maximum Gasteiger partial charge on any atom is 0.254 e. The number of hydrogen-bond acceptors (Lipinski definition) is 6. The largest absolute Gasteiger partial charge is 0.387 e. The summed E-state index contributed by atoms with van der Waals surface area (Å²) in [6.07, 6.45) is 1.47. The number of aliphatic hydroxyl groups is 2. The number of rotatable bonds is 3. The van der Waals surface area contributed by atoms with E-state index in [0.29, 0.717) is 45.3 Å². The number of carbonyl (C=O) groups excluding carboxylic acids is 2. The van der Waals surface area contributed by atoms with Crippen molar-refractivity contribution < 1.29 is 24.2 Å². The number of hydrogen-bond donors (Lipinski definition) is 3. The molecule has 3 N–H and O–H groups in total. The molecule has 2 atom stereocenters. The third-order valence-corrected chi connectivity index (χ3v) is 8.76. The molecule has 8 nitrogen and oxygen atoms in total. The number of benzene rings is 1. The van der Waals surface area contributed by atoms with Gasteiger partial charge in [-0.1, -0.05) is 6.92 Å². The third-order valence-electron chi connectivity index (χ3n) is 7.90. The van der Waals surface area contributed by atoms with Crippen LogP contribution in [0.25, 0.3) is 22.3 Å². The molecule has 0 fully saturated rings. The van der Waals surface area contributed by atoms with Crippen LogP contribution in [-0.4, -0.2) is 38.1 Å². The second kappa shape index (κ2) is 8.03. The summed E-state index contributed by atoms with van der Waals surface area (Å²) >= 11 is 3.36. The van der Waals surface area contributed by atoms with Crippen LogP contribution in [0.5, 0.6) is 0 Å². The summed E-state index contributed by atoms with van der Waals surface area (Å²) in [5, 5.41) is 24.1. The SMILES string of the molecule is CC[C@@]1(O)C(=O)CCc2c1cc1n(c2=O)Cc2c-1nc1cc(F)c(Br)c3c1c2[C@H](NC(=O)CO)CC3. The molecule has 1 aromatic carbocycles. The third kappa shape index (κ3) is 3.04. The highest BCUT2D eigenvalue weighted by atomic mass is 79.9. The number of nitrogens with zero attached hydrogens (tertiary/aromatic N) is 2. The molecule has 0 bridgehead atoms.